The van der Waals surface area contributed by atoms with Gasteiger partial charge in [-0.1, -0.05) is 30.4 Å². The van der Waals surface area contributed by atoms with Gasteiger partial charge in [0.25, 0.3) is 0 Å². The molecule has 2 aromatic rings. The van der Waals surface area contributed by atoms with Crippen LogP contribution in [0, 0.1) is 5.92 Å². The number of para-hydroxylation sites is 1. The molecule has 3 rings (SSSR count). The molecule has 1 fully saturated rings. The van der Waals surface area contributed by atoms with Crippen molar-refractivity contribution in [2.24, 2.45) is 11.7 Å². The maximum Gasteiger partial charge on any atom is 0.240 e. The van der Waals surface area contributed by atoms with Gasteiger partial charge in [-0.2, -0.15) is 0 Å². The zero-order valence-electron chi connectivity index (χ0n) is 13.2. The number of nitrogens with one attached hydrogen (secondary N) is 1. The first-order valence-corrected chi connectivity index (χ1v) is 8.57. The van der Waals surface area contributed by atoms with E-state index < -0.39 is 0 Å². The summed E-state index contributed by atoms with van der Waals surface area (Å²) in [6.45, 7) is 4.20. The number of thiazole rings is 1. The normalized spacial score (nSPS) is 21.8. The number of aromatic nitrogens is 1. The second-order valence-electron chi connectivity index (χ2n) is 6.02. The van der Waals surface area contributed by atoms with Crippen LogP contribution in [0.3, 0.4) is 0 Å². The van der Waals surface area contributed by atoms with E-state index in [9.17, 15) is 4.79 Å². The van der Waals surface area contributed by atoms with Crippen molar-refractivity contribution in [3.05, 3.63) is 24.3 Å². The summed E-state index contributed by atoms with van der Waals surface area (Å²) in [5.74, 6) is 0.684. The number of nitrogens with two attached hydrogens (primary N) is 1. The molecule has 1 aromatic heterocycles. The van der Waals surface area contributed by atoms with E-state index in [2.05, 4.69) is 22.1 Å². The van der Waals surface area contributed by atoms with Crippen molar-refractivity contribution in [3.8, 4) is 0 Å². The highest BCUT2D eigenvalue weighted by molar-refractivity contribution is 7.22. The van der Waals surface area contributed by atoms with Crippen molar-refractivity contribution >= 4 is 45.0 Å². The molecule has 1 aliphatic heterocycles. The summed E-state index contributed by atoms with van der Waals surface area (Å²) in [6, 6.07) is 8.21. The third kappa shape index (κ3) is 4.41. The van der Waals surface area contributed by atoms with E-state index in [1.807, 2.05) is 24.3 Å². The van der Waals surface area contributed by atoms with Gasteiger partial charge in [-0.15, -0.1) is 12.4 Å². The molecule has 23 heavy (non-hydrogen) atoms. The number of likely N-dealkylation sites (tertiary alicyclic amines) is 1. The summed E-state index contributed by atoms with van der Waals surface area (Å²) >= 11 is 1.51. The highest BCUT2D eigenvalue weighted by Crippen LogP contribution is 2.26. The van der Waals surface area contributed by atoms with Gasteiger partial charge in [0.05, 0.1) is 16.8 Å². The second kappa shape index (κ2) is 8.06. The first kappa shape index (κ1) is 18.1. The Labute approximate surface area is 146 Å². The number of fused-ring (bicyclic) bond motifs is 1. The maximum absolute atomic E-state index is 12.3. The largest absolute Gasteiger partial charge is 0.329 e. The zero-order valence-corrected chi connectivity index (χ0v) is 14.8. The predicted molar refractivity (Wildman–Crippen MR) is 98.3 cm³/mol. The molecule has 126 valence electrons. The average Bonchev–Trinajstić information content (AvgIpc) is 2.91. The Morgan fingerprint density at radius 1 is 1.48 bits per heavy atom. The molecular weight excluding hydrogens is 332 g/mol. The Kier molecular flexibility index (Phi) is 6.35. The first-order chi connectivity index (χ1) is 10.7. The van der Waals surface area contributed by atoms with Crippen LogP contribution in [0.25, 0.3) is 10.2 Å². The van der Waals surface area contributed by atoms with Crippen LogP contribution in [0.15, 0.2) is 24.3 Å². The van der Waals surface area contributed by atoms with Gasteiger partial charge in [0, 0.05) is 12.6 Å². The highest BCUT2D eigenvalue weighted by Gasteiger charge is 2.26. The minimum atomic E-state index is -0.00735. The Hall–Kier alpha value is -1.21. The SMILES string of the molecule is CC1CCN(CC(=O)Nc2nc3ccccc3s2)C(CN)C1.Cl. The number of carbonyl (C=O) groups excluding carboxylic acids is 1. The Morgan fingerprint density at radius 3 is 3.00 bits per heavy atom. The van der Waals surface area contributed by atoms with Crippen molar-refractivity contribution in [2.45, 2.75) is 25.8 Å². The minimum absolute atomic E-state index is 0. The number of piperidine rings is 1. The van der Waals surface area contributed by atoms with Gasteiger partial charge in [-0.3, -0.25) is 9.69 Å². The van der Waals surface area contributed by atoms with Crippen molar-refractivity contribution in [2.75, 3.05) is 25.0 Å². The Bertz CT molecular complexity index is 629. The van der Waals surface area contributed by atoms with Crippen molar-refractivity contribution in [1.82, 2.24) is 9.88 Å². The van der Waals surface area contributed by atoms with Gasteiger partial charge < -0.3 is 11.1 Å². The molecule has 0 aliphatic carbocycles. The van der Waals surface area contributed by atoms with Crippen LogP contribution in [0.5, 0.6) is 0 Å². The molecule has 0 spiro atoms. The summed E-state index contributed by atoms with van der Waals surface area (Å²) < 4.78 is 1.09. The van der Waals surface area contributed by atoms with Crippen LogP contribution in [0.1, 0.15) is 19.8 Å². The number of benzene rings is 1. The summed E-state index contributed by atoms with van der Waals surface area (Å²) in [5, 5.41) is 3.59. The molecule has 5 nitrogen and oxygen atoms in total. The molecule has 3 N–H and O–H groups in total. The standard InChI is InChI=1S/C16H22N4OS.ClH/c1-11-6-7-20(12(8-11)9-17)10-15(21)19-16-18-13-4-2-3-5-14(13)22-16;/h2-5,11-12H,6-10,17H2,1H3,(H,18,19,21);1H. The summed E-state index contributed by atoms with van der Waals surface area (Å²) in [6.07, 6.45) is 2.20. The van der Waals surface area contributed by atoms with Crippen LogP contribution in [0.4, 0.5) is 5.13 Å². The van der Waals surface area contributed by atoms with Gasteiger partial charge in [0.1, 0.15) is 0 Å². The molecule has 1 saturated heterocycles. The van der Waals surface area contributed by atoms with Crippen molar-refractivity contribution in [1.29, 1.82) is 0 Å². The molecule has 0 radical (unpaired) electrons. The van der Waals surface area contributed by atoms with E-state index in [-0.39, 0.29) is 18.3 Å². The van der Waals surface area contributed by atoms with E-state index in [1.165, 1.54) is 11.3 Å². The fraction of sp³-hybridized carbons (Fsp3) is 0.500. The number of nitrogens with zero attached hydrogens (tertiary/aromatic N) is 2. The quantitative estimate of drug-likeness (QED) is 0.885. The smallest absolute Gasteiger partial charge is 0.240 e. The van der Waals surface area contributed by atoms with E-state index in [4.69, 9.17) is 5.73 Å². The van der Waals surface area contributed by atoms with Crippen LogP contribution in [-0.2, 0) is 4.79 Å². The number of hydrogen-bond donors (Lipinski definition) is 2. The fourth-order valence-corrected chi connectivity index (χ4v) is 3.90. The summed E-state index contributed by atoms with van der Waals surface area (Å²) in [7, 11) is 0. The van der Waals surface area contributed by atoms with Crippen molar-refractivity contribution < 1.29 is 4.79 Å². The molecule has 2 unspecified atom stereocenters. The van der Waals surface area contributed by atoms with E-state index in [0.717, 1.165) is 29.6 Å². The summed E-state index contributed by atoms with van der Waals surface area (Å²) in [5.41, 5.74) is 6.78. The van der Waals surface area contributed by atoms with E-state index >= 15 is 0 Å². The predicted octanol–water partition coefficient (Wildman–Crippen LogP) is 2.72. The highest BCUT2D eigenvalue weighted by atomic mass is 35.5. The third-order valence-corrected chi connectivity index (χ3v) is 5.21. The fourth-order valence-electron chi connectivity index (χ4n) is 3.02. The zero-order chi connectivity index (χ0) is 15.5. The molecule has 0 saturated carbocycles. The van der Waals surface area contributed by atoms with Crippen LogP contribution >= 0.6 is 23.7 Å². The van der Waals surface area contributed by atoms with Gasteiger partial charge in [-0.25, -0.2) is 4.98 Å². The minimum Gasteiger partial charge on any atom is -0.329 e. The molecule has 1 aliphatic rings. The lowest BCUT2D eigenvalue weighted by Gasteiger charge is -2.37. The lowest BCUT2D eigenvalue weighted by molar-refractivity contribution is -0.118. The van der Waals surface area contributed by atoms with E-state index in [1.54, 1.807) is 0 Å². The average molecular weight is 355 g/mol. The first-order valence-electron chi connectivity index (χ1n) is 7.75. The number of amides is 1. The van der Waals surface area contributed by atoms with Crippen LogP contribution < -0.4 is 11.1 Å². The lowest BCUT2D eigenvalue weighted by atomic mass is 9.92. The molecule has 1 aromatic carbocycles. The number of anilines is 1. The molecule has 2 atom stereocenters. The van der Waals surface area contributed by atoms with Crippen molar-refractivity contribution in [3.63, 3.8) is 0 Å². The van der Waals surface area contributed by atoms with Crippen LogP contribution in [0.2, 0.25) is 0 Å². The molecule has 7 heteroatoms. The third-order valence-electron chi connectivity index (χ3n) is 4.26. The second-order valence-corrected chi connectivity index (χ2v) is 7.06. The molecule has 2 heterocycles. The van der Waals surface area contributed by atoms with Gasteiger partial charge in [0.2, 0.25) is 5.91 Å². The molecule has 0 bridgehead atoms. The van der Waals surface area contributed by atoms with Crippen LogP contribution in [-0.4, -0.2) is 41.5 Å². The number of carbonyl (C=O) groups is 1. The molecule has 1 amide bonds. The Balaban J connectivity index is 0.00000192. The topological polar surface area (TPSA) is 71.2 Å². The van der Waals surface area contributed by atoms with Gasteiger partial charge in [-0.05, 0) is 37.4 Å². The Morgan fingerprint density at radius 2 is 2.26 bits per heavy atom. The maximum atomic E-state index is 12.3. The monoisotopic (exact) mass is 354 g/mol. The van der Waals surface area contributed by atoms with E-state index in [0.29, 0.717) is 30.2 Å². The lowest BCUT2D eigenvalue weighted by Crippen LogP contribution is -2.49. The summed E-state index contributed by atoms with van der Waals surface area (Å²) in [4.78, 5) is 18.9. The molecular formula is C16H23ClN4OS. The number of halogens is 1. The number of rotatable bonds is 4. The van der Waals surface area contributed by atoms with Gasteiger partial charge in [0.15, 0.2) is 5.13 Å². The van der Waals surface area contributed by atoms with Gasteiger partial charge >= 0.3 is 0 Å². The number of hydrogen-bond acceptors (Lipinski definition) is 5.